The second-order valence-electron chi connectivity index (χ2n) is 9.00. The zero-order valence-corrected chi connectivity index (χ0v) is 19.8. The zero-order chi connectivity index (χ0) is 24.3. The van der Waals surface area contributed by atoms with Crippen LogP contribution in [0.15, 0.2) is 116 Å². The molecule has 1 saturated heterocycles. The SMILES string of the molecule is O=C1CCCN1c1cc(-c2ccc(-c3ccccn3)cc2)cc(-c2ccc(-c3ccccn3)cc2)c1. The van der Waals surface area contributed by atoms with Gasteiger partial charge in [-0.3, -0.25) is 14.8 Å². The van der Waals surface area contributed by atoms with Gasteiger partial charge in [0, 0.05) is 42.2 Å². The molecule has 36 heavy (non-hydrogen) atoms. The van der Waals surface area contributed by atoms with E-state index < -0.39 is 0 Å². The fraction of sp³-hybridized carbons (Fsp3) is 0.0938. The molecule has 1 fully saturated rings. The Morgan fingerprint density at radius 1 is 0.556 bits per heavy atom. The summed E-state index contributed by atoms with van der Waals surface area (Å²) in [6.45, 7) is 0.763. The molecule has 6 rings (SSSR count). The van der Waals surface area contributed by atoms with Gasteiger partial charge in [-0.15, -0.1) is 0 Å². The maximum Gasteiger partial charge on any atom is 0.227 e. The van der Waals surface area contributed by atoms with Crippen molar-refractivity contribution >= 4 is 11.6 Å². The number of carbonyl (C=O) groups excluding carboxylic acids is 1. The van der Waals surface area contributed by atoms with Crippen LogP contribution in [0.25, 0.3) is 44.8 Å². The van der Waals surface area contributed by atoms with Gasteiger partial charge in [-0.25, -0.2) is 0 Å². The third-order valence-corrected chi connectivity index (χ3v) is 6.66. The van der Waals surface area contributed by atoms with Crippen LogP contribution in [0.1, 0.15) is 12.8 Å². The molecule has 3 aromatic carbocycles. The summed E-state index contributed by atoms with van der Waals surface area (Å²) in [7, 11) is 0. The highest BCUT2D eigenvalue weighted by Crippen LogP contribution is 2.35. The topological polar surface area (TPSA) is 46.1 Å². The average Bonchev–Trinajstić information content (AvgIpc) is 3.40. The average molecular weight is 468 g/mol. The molecule has 0 saturated carbocycles. The molecular weight excluding hydrogens is 442 g/mol. The number of nitrogens with zero attached hydrogens (tertiary/aromatic N) is 3. The number of hydrogen-bond acceptors (Lipinski definition) is 3. The summed E-state index contributed by atoms with van der Waals surface area (Å²) in [5.41, 5.74) is 9.40. The van der Waals surface area contributed by atoms with Crippen molar-refractivity contribution in [3.8, 4) is 44.8 Å². The first kappa shape index (κ1) is 21.9. The molecule has 174 valence electrons. The van der Waals surface area contributed by atoms with Crippen molar-refractivity contribution in [1.82, 2.24) is 9.97 Å². The number of amides is 1. The predicted octanol–water partition coefficient (Wildman–Crippen LogP) is 7.27. The number of pyridine rings is 2. The van der Waals surface area contributed by atoms with Gasteiger partial charge < -0.3 is 4.90 Å². The van der Waals surface area contributed by atoms with E-state index in [9.17, 15) is 4.79 Å². The van der Waals surface area contributed by atoms with Crippen molar-refractivity contribution in [2.75, 3.05) is 11.4 Å². The van der Waals surface area contributed by atoms with Crippen LogP contribution < -0.4 is 4.90 Å². The van der Waals surface area contributed by atoms with Crippen molar-refractivity contribution in [1.29, 1.82) is 0 Å². The molecule has 1 amide bonds. The monoisotopic (exact) mass is 467 g/mol. The first-order valence-corrected chi connectivity index (χ1v) is 12.2. The van der Waals surface area contributed by atoms with E-state index in [1.54, 1.807) is 0 Å². The summed E-state index contributed by atoms with van der Waals surface area (Å²) in [4.78, 5) is 23.4. The standard InChI is InChI=1S/C32H25N3O/c36-32-8-5-19-35(32)29-21-27(23-9-13-25(14-10-23)30-6-1-3-17-33-30)20-28(22-29)24-11-15-26(16-12-24)31-7-2-4-18-34-31/h1-4,6-7,9-18,20-22H,5,8,19H2. The zero-order valence-electron chi connectivity index (χ0n) is 19.8. The Morgan fingerprint density at radius 2 is 1.06 bits per heavy atom. The van der Waals surface area contributed by atoms with Gasteiger partial charge in [0.25, 0.3) is 0 Å². The molecule has 0 atom stereocenters. The lowest BCUT2D eigenvalue weighted by atomic mass is 9.96. The lowest BCUT2D eigenvalue weighted by Gasteiger charge is -2.19. The lowest BCUT2D eigenvalue weighted by Crippen LogP contribution is -2.23. The minimum Gasteiger partial charge on any atom is -0.312 e. The van der Waals surface area contributed by atoms with Crippen molar-refractivity contribution < 1.29 is 4.79 Å². The first-order valence-electron chi connectivity index (χ1n) is 12.2. The third-order valence-electron chi connectivity index (χ3n) is 6.66. The van der Waals surface area contributed by atoms with Crippen molar-refractivity contribution in [2.24, 2.45) is 0 Å². The van der Waals surface area contributed by atoms with Crippen LogP contribution in [0, 0.1) is 0 Å². The molecule has 4 heteroatoms. The summed E-state index contributed by atoms with van der Waals surface area (Å²) >= 11 is 0. The molecule has 3 heterocycles. The Kier molecular flexibility index (Phi) is 5.84. The smallest absolute Gasteiger partial charge is 0.227 e. The summed E-state index contributed by atoms with van der Waals surface area (Å²) in [5.74, 6) is 0.189. The van der Waals surface area contributed by atoms with Crippen LogP contribution in [-0.2, 0) is 4.79 Å². The number of carbonyl (C=O) groups is 1. The normalized spacial score (nSPS) is 13.2. The molecule has 1 aliphatic heterocycles. The summed E-state index contributed by atoms with van der Waals surface area (Å²) in [6, 6.07) is 35.3. The van der Waals surface area contributed by atoms with Gasteiger partial charge in [0.1, 0.15) is 0 Å². The number of rotatable bonds is 5. The quantitative estimate of drug-likeness (QED) is 0.273. The van der Waals surface area contributed by atoms with E-state index in [4.69, 9.17) is 0 Å². The second-order valence-corrected chi connectivity index (χ2v) is 9.00. The Balaban J connectivity index is 1.39. The highest BCUT2D eigenvalue weighted by molar-refractivity contribution is 5.97. The van der Waals surface area contributed by atoms with Crippen molar-refractivity contribution in [3.63, 3.8) is 0 Å². The van der Waals surface area contributed by atoms with Gasteiger partial charge in [0.15, 0.2) is 0 Å². The van der Waals surface area contributed by atoms with Crippen LogP contribution in [0.4, 0.5) is 5.69 Å². The van der Waals surface area contributed by atoms with Crippen LogP contribution >= 0.6 is 0 Å². The van der Waals surface area contributed by atoms with Gasteiger partial charge >= 0.3 is 0 Å². The largest absolute Gasteiger partial charge is 0.312 e. The molecule has 0 bridgehead atoms. The van der Waals surface area contributed by atoms with Crippen LogP contribution in [0.3, 0.4) is 0 Å². The van der Waals surface area contributed by atoms with Gasteiger partial charge in [0.05, 0.1) is 11.4 Å². The maximum atomic E-state index is 12.6. The van der Waals surface area contributed by atoms with Gasteiger partial charge in [-0.05, 0) is 71.1 Å². The highest BCUT2D eigenvalue weighted by atomic mass is 16.2. The fourth-order valence-corrected chi connectivity index (χ4v) is 4.76. The lowest BCUT2D eigenvalue weighted by molar-refractivity contribution is -0.117. The number of aromatic nitrogens is 2. The number of benzene rings is 3. The Hall–Kier alpha value is -4.57. The number of anilines is 1. The van der Waals surface area contributed by atoms with E-state index >= 15 is 0 Å². The molecule has 0 N–H and O–H groups in total. The summed E-state index contributed by atoms with van der Waals surface area (Å²) < 4.78 is 0. The van der Waals surface area contributed by atoms with Crippen molar-refractivity contribution in [2.45, 2.75) is 12.8 Å². The molecule has 4 nitrogen and oxygen atoms in total. The van der Waals surface area contributed by atoms with Crippen LogP contribution in [0.5, 0.6) is 0 Å². The maximum absolute atomic E-state index is 12.6. The second kappa shape index (κ2) is 9.59. The molecule has 0 radical (unpaired) electrons. The molecule has 5 aromatic rings. The fourth-order valence-electron chi connectivity index (χ4n) is 4.76. The minimum absolute atomic E-state index is 0.189. The summed E-state index contributed by atoms with van der Waals surface area (Å²) in [5, 5.41) is 0. The minimum atomic E-state index is 0.189. The molecule has 0 spiro atoms. The summed E-state index contributed by atoms with van der Waals surface area (Å²) in [6.07, 6.45) is 5.13. The predicted molar refractivity (Wildman–Crippen MR) is 145 cm³/mol. The van der Waals surface area contributed by atoms with Gasteiger partial charge in [0.2, 0.25) is 5.91 Å². The van der Waals surface area contributed by atoms with E-state index in [1.807, 2.05) is 53.7 Å². The highest BCUT2D eigenvalue weighted by Gasteiger charge is 2.22. The van der Waals surface area contributed by atoms with Gasteiger partial charge in [-0.2, -0.15) is 0 Å². The van der Waals surface area contributed by atoms with Crippen LogP contribution in [-0.4, -0.2) is 22.4 Å². The Bertz CT molecular complexity index is 1390. The van der Waals surface area contributed by atoms with E-state index in [0.717, 1.165) is 63.4 Å². The van der Waals surface area contributed by atoms with E-state index in [0.29, 0.717) is 6.42 Å². The third kappa shape index (κ3) is 4.41. The molecule has 1 aliphatic rings. The Labute approximate surface area is 210 Å². The van der Waals surface area contributed by atoms with E-state index in [1.165, 1.54) is 0 Å². The molecule has 0 unspecified atom stereocenters. The van der Waals surface area contributed by atoms with E-state index in [-0.39, 0.29) is 5.91 Å². The first-order chi connectivity index (χ1) is 17.7. The van der Waals surface area contributed by atoms with Crippen molar-refractivity contribution in [3.05, 3.63) is 116 Å². The van der Waals surface area contributed by atoms with E-state index in [2.05, 4.69) is 76.7 Å². The molecule has 2 aromatic heterocycles. The van der Waals surface area contributed by atoms with Gasteiger partial charge in [-0.1, -0.05) is 60.7 Å². The number of hydrogen-bond donors (Lipinski definition) is 0. The molecular formula is C32H25N3O. The van der Waals surface area contributed by atoms with Crippen LogP contribution in [0.2, 0.25) is 0 Å². The Morgan fingerprint density at radius 3 is 1.47 bits per heavy atom. The molecule has 0 aliphatic carbocycles.